The third kappa shape index (κ3) is 3.48. The van der Waals surface area contributed by atoms with Gasteiger partial charge in [-0.1, -0.05) is 24.3 Å². The Morgan fingerprint density at radius 3 is 2.48 bits per heavy atom. The first kappa shape index (κ1) is 15.2. The molecule has 0 radical (unpaired) electrons. The third-order valence-corrected chi connectivity index (χ3v) is 3.62. The van der Waals surface area contributed by atoms with E-state index in [0.717, 1.165) is 35.4 Å². The van der Waals surface area contributed by atoms with Crippen molar-refractivity contribution in [3.8, 4) is 0 Å². The highest BCUT2D eigenvalue weighted by Gasteiger charge is 2.10. The second kappa shape index (κ2) is 7.02. The van der Waals surface area contributed by atoms with Gasteiger partial charge in [0.15, 0.2) is 5.82 Å². The Morgan fingerprint density at radius 1 is 1.14 bits per heavy atom. The van der Waals surface area contributed by atoms with Gasteiger partial charge in [-0.3, -0.25) is 4.79 Å². The molecule has 0 spiro atoms. The molecule has 0 aliphatic heterocycles. The van der Waals surface area contributed by atoms with Crippen molar-refractivity contribution in [2.24, 2.45) is 0 Å². The first-order valence-corrected chi connectivity index (χ1v) is 7.41. The summed E-state index contributed by atoms with van der Waals surface area (Å²) in [5.74, 6) is 0.903. The number of hydrogen-bond acceptors (Lipinski definition) is 4. The van der Waals surface area contributed by atoms with Crippen LogP contribution in [0.25, 0.3) is 10.8 Å². The summed E-state index contributed by atoms with van der Waals surface area (Å²) in [5.41, 5.74) is 0.912. The van der Waals surface area contributed by atoms with Crippen molar-refractivity contribution >= 4 is 22.5 Å². The molecule has 0 saturated heterocycles. The van der Waals surface area contributed by atoms with Gasteiger partial charge in [-0.2, -0.15) is 5.10 Å². The zero-order valence-corrected chi connectivity index (χ0v) is 12.9. The van der Waals surface area contributed by atoms with E-state index in [0.29, 0.717) is 13.0 Å². The minimum Gasteiger partial charge on any atom is -0.368 e. The van der Waals surface area contributed by atoms with E-state index in [1.54, 1.807) is 0 Å². The van der Waals surface area contributed by atoms with Crippen LogP contribution in [0.2, 0.25) is 0 Å². The van der Waals surface area contributed by atoms with Gasteiger partial charge >= 0.3 is 0 Å². The largest absolute Gasteiger partial charge is 0.368 e. The SMILES string of the molecule is CCN(CC)C(=O)CCNc1nnc(C)c2ccccc12. The summed E-state index contributed by atoms with van der Waals surface area (Å²) in [6, 6.07) is 8.03. The number of anilines is 1. The Hall–Kier alpha value is -2.17. The number of aromatic nitrogens is 2. The average molecular weight is 286 g/mol. The molecular weight excluding hydrogens is 264 g/mol. The zero-order valence-electron chi connectivity index (χ0n) is 12.9. The van der Waals surface area contributed by atoms with Crippen LogP contribution in [0.4, 0.5) is 5.82 Å². The number of rotatable bonds is 6. The Kier molecular flexibility index (Phi) is 5.09. The van der Waals surface area contributed by atoms with Crippen LogP contribution >= 0.6 is 0 Å². The predicted molar refractivity (Wildman–Crippen MR) is 85.3 cm³/mol. The molecule has 0 saturated carbocycles. The van der Waals surface area contributed by atoms with E-state index in [-0.39, 0.29) is 5.91 Å². The second-order valence-electron chi connectivity index (χ2n) is 4.92. The number of carbonyl (C=O) groups is 1. The molecule has 5 nitrogen and oxygen atoms in total. The van der Waals surface area contributed by atoms with E-state index < -0.39 is 0 Å². The van der Waals surface area contributed by atoms with Crippen molar-refractivity contribution in [1.29, 1.82) is 0 Å². The minimum absolute atomic E-state index is 0.164. The lowest BCUT2D eigenvalue weighted by molar-refractivity contribution is -0.130. The highest BCUT2D eigenvalue weighted by atomic mass is 16.2. The van der Waals surface area contributed by atoms with Gasteiger partial charge in [0.05, 0.1) is 5.69 Å². The van der Waals surface area contributed by atoms with Crippen molar-refractivity contribution in [2.75, 3.05) is 25.0 Å². The van der Waals surface area contributed by atoms with Crippen LogP contribution in [-0.2, 0) is 4.79 Å². The number of nitrogens with zero attached hydrogens (tertiary/aromatic N) is 3. The Labute approximate surface area is 125 Å². The maximum atomic E-state index is 12.0. The van der Waals surface area contributed by atoms with E-state index in [2.05, 4.69) is 15.5 Å². The van der Waals surface area contributed by atoms with E-state index in [4.69, 9.17) is 0 Å². The van der Waals surface area contributed by atoms with Crippen molar-refractivity contribution in [2.45, 2.75) is 27.2 Å². The fourth-order valence-corrected chi connectivity index (χ4v) is 2.39. The Bertz CT molecular complexity index is 623. The van der Waals surface area contributed by atoms with Crippen molar-refractivity contribution in [1.82, 2.24) is 15.1 Å². The van der Waals surface area contributed by atoms with Crippen molar-refractivity contribution in [3.63, 3.8) is 0 Å². The number of hydrogen-bond donors (Lipinski definition) is 1. The first-order chi connectivity index (χ1) is 10.2. The predicted octanol–water partition coefficient (Wildman–Crippen LogP) is 2.61. The van der Waals surface area contributed by atoms with Gasteiger partial charge in [-0.05, 0) is 20.8 Å². The van der Waals surface area contributed by atoms with E-state index in [1.807, 2.05) is 49.9 Å². The third-order valence-electron chi connectivity index (χ3n) is 3.62. The lowest BCUT2D eigenvalue weighted by Crippen LogP contribution is -2.31. The second-order valence-corrected chi connectivity index (χ2v) is 4.92. The lowest BCUT2D eigenvalue weighted by atomic mass is 10.1. The highest BCUT2D eigenvalue weighted by molar-refractivity contribution is 5.92. The zero-order chi connectivity index (χ0) is 15.2. The first-order valence-electron chi connectivity index (χ1n) is 7.41. The number of carbonyl (C=O) groups excluding carboxylic acids is 1. The molecule has 1 aromatic carbocycles. The van der Waals surface area contributed by atoms with Crippen LogP contribution in [0.1, 0.15) is 26.0 Å². The lowest BCUT2D eigenvalue weighted by Gasteiger charge is -2.18. The average Bonchev–Trinajstić information content (AvgIpc) is 2.51. The molecule has 5 heteroatoms. The summed E-state index contributed by atoms with van der Waals surface area (Å²) in [4.78, 5) is 13.8. The summed E-state index contributed by atoms with van der Waals surface area (Å²) >= 11 is 0. The smallest absolute Gasteiger partial charge is 0.224 e. The Balaban J connectivity index is 2.05. The maximum Gasteiger partial charge on any atom is 0.224 e. The molecule has 112 valence electrons. The van der Waals surface area contributed by atoms with Crippen LogP contribution in [0.3, 0.4) is 0 Å². The fraction of sp³-hybridized carbons (Fsp3) is 0.438. The molecule has 21 heavy (non-hydrogen) atoms. The van der Waals surface area contributed by atoms with Gasteiger partial charge in [0, 0.05) is 36.8 Å². The molecular formula is C16H22N4O. The summed E-state index contributed by atoms with van der Waals surface area (Å²) in [6.07, 6.45) is 0.464. The molecule has 1 amide bonds. The van der Waals surface area contributed by atoms with E-state index in [1.165, 1.54) is 0 Å². The number of nitrogens with one attached hydrogen (secondary N) is 1. The number of fused-ring (bicyclic) bond motifs is 1. The van der Waals surface area contributed by atoms with Gasteiger partial charge in [0.2, 0.25) is 5.91 Å². The van der Waals surface area contributed by atoms with E-state index in [9.17, 15) is 4.79 Å². The van der Waals surface area contributed by atoms with Crippen molar-refractivity contribution < 1.29 is 4.79 Å². The molecule has 0 bridgehead atoms. The molecule has 1 N–H and O–H groups in total. The highest BCUT2D eigenvalue weighted by Crippen LogP contribution is 2.22. The summed E-state index contributed by atoms with van der Waals surface area (Å²) < 4.78 is 0. The summed E-state index contributed by atoms with van der Waals surface area (Å²) in [5, 5.41) is 13.7. The molecule has 1 heterocycles. The molecule has 0 aliphatic rings. The van der Waals surface area contributed by atoms with Gasteiger partial charge in [-0.15, -0.1) is 5.10 Å². The molecule has 0 fully saturated rings. The molecule has 0 aliphatic carbocycles. The van der Waals surface area contributed by atoms with Crippen LogP contribution in [0.5, 0.6) is 0 Å². The molecule has 0 unspecified atom stereocenters. The van der Waals surface area contributed by atoms with Gasteiger partial charge < -0.3 is 10.2 Å². The topological polar surface area (TPSA) is 58.1 Å². The monoisotopic (exact) mass is 286 g/mol. The van der Waals surface area contributed by atoms with Crippen LogP contribution < -0.4 is 5.32 Å². The van der Waals surface area contributed by atoms with Gasteiger partial charge in [0.1, 0.15) is 0 Å². The maximum absolute atomic E-state index is 12.0. The van der Waals surface area contributed by atoms with Crippen molar-refractivity contribution in [3.05, 3.63) is 30.0 Å². The van der Waals surface area contributed by atoms with E-state index >= 15 is 0 Å². The molecule has 2 rings (SSSR count). The number of benzene rings is 1. The van der Waals surface area contributed by atoms with Gasteiger partial charge in [-0.25, -0.2) is 0 Å². The molecule has 1 aromatic heterocycles. The Morgan fingerprint density at radius 2 is 1.81 bits per heavy atom. The number of aryl methyl sites for hydroxylation is 1. The normalized spacial score (nSPS) is 10.6. The van der Waals surface area contributed by atoms with Crippen LogP contribution in [0.15, 0.2) is 24.3 Å². The van der Waals surface area contributed by atoms with Crippen LogP contribution in [0, 0.1) is 6.92 Å². The van der Waals surface area contributed by atoms with Gasteiger partial charge in [0.25, 0.3) is 0 Å². The fourth-order valence-electron chi connectivity index (χ4n) is 2.39. The number of amides is 1. The quantitative estimate of drug-likeness (QED) is 0.887. The van der Waals surface area contributed by atoms with Crippen LogP contribution in [-0.4, -0.2) is 40.6 Å². The minimum atomic E-state index is 0.164. The molecule has 2 aromatic rings. The summed E-state index contributed by atoms with van der Waals surface area (Å²) in [6.45, 7) is 8.01. The summed E-state index contributed by atoms with van der Waals surface area (Å²) in [7, 11) is 0. The molecule has 0 atom stereocenters. The standard InChI is InChI=1S/C16H22N4O/c1-4-20(5-2)15(21)10-11-17-16-14-9-7-6-8-13(14)12(3)18-19-16/h6-9H,4-5,10-11H2,1-3H3,(H,17,19).